The van der Waals surface area contributed by atoms with Crippen LogP contribution in [0.4, 0.5) is 0 Å². The van der Waals surface area contributed by atoms with Crippen LogP contribution in [0.25, 0.3) is 0 Å². The third-order valence-corrected chi connectivity index (χ3v) is 3.85. The van der Waals surface area contributed by atoms with Crippen LogP contribution in [0.5, 0.6) is 5.75 Å². The number of ether oxygens (including phenoxy) is 1. The first-order chi connectivity index (χ1) is 10.3. The SMILES string of the molecule is NC(Cc1ccc(OCC2Cc3ccccc32)cc1)=NO. The Bertz CT molecular complexity index is 650. The van der Waals surface area contributed by atoms with Crippen molar-refractivity contribution >= 4 is 5.84 Å². The van der Waals surface area contributed by atoms with Gasteiger partial charge in [-0.2, -0.15) is 0 Å². The molecule has 1 unspecified atom stereocenters. The van der Waals surface area contributed by atoms with Crippen molar-refractivity contribution in [2.75, 3.05) is 6.61 Å². The van der Waals surface area contributed by atoms with Crippen molar-refractivity contribution in [1.29, 1.82) is 0 Å². The molecular formula is C17H18N2O2. The van der Waals surface area contributed by atoms with Crippen molar-refractivity contribution in [3.63, 3.8) is 0 Å². The van der Waals surface area contributed by atoms with Gasteiger partial charge in [0, 0.05) is 12.3 Å². The maximum Gasteiger partial charge on any atom is 0.143 e. The number of benzene rings is 2. The van der Waals surface area contributed by atoms with Crippen molar-refractivity contribution in [1.82, 2.24) is 0 Å². The fourth-order valence-corrected chi connectivity index (χ4v) is 2.66. The number of hydrogen-bond donors (Lipinski definition) is 2. The maximum absolute atomic E-state index is 8.55. The van der Waals surface area contributed by atoms with Crippen molar-refractivity contribution in [2.45, 2.75) is 18.8 Å². The molecule has 2 aromatic carbocycles. The summed E-state index contributed by atoms with van der Waals surface area (Å²) < 4.78 is 5.84. The van der Waals surface area contributed by atoms with Crippen LogP contribution in [0.2, 0.25) is 0 Å². The molecule has 0 fully saturated rings. The van der Waals surface area contributed by atoms with Crippen LogP contribution in [-0.2, 0) is 12.8 Å². The van der Waals surface area contributed by atoms with Crippen LogP contribution in [0, 0.1) is 0 Å². The third-order valence-electron chi connectivity index (χ3n) is 3.85. The molecule has 1 atom stereocenters. The van der Waals surface area contributed by atoms with Gasteiger partial charge in [-0.1, -0.05) is 41.6 Å². The highest BCUT2D eigenvalue weighted by molar-refractivity contribution is 5.82. The lowest BCUT2D eigenvalue weighted by atomic mass is 9.78. The van der Waals surface area contributed by atoms with E-state index >= 15 is 0 Å². The highest BCUT2D eigenvalue weighted by atomic mass is 16.5. The zero-order valence-electron chi connectivity index (χ0n) is 11.7. The second-order valence-electron chi connectivity index (χ2n) is 5.32. The van der Waals surface area contributed by atoms with Gasteiger partial charge in [0.2, 0.25) is 0 Å². The van der Waals surface area contributed by atoms with Crippen molar-refractivity contribution in [2.24, 2.45) is 10.9 Å². The minimum Gasteiger partial charge on any atom is -0.493 e. The molecule has 3 N–H and O–H groups in total. The zero-order valence-corrected chi connectivity index (χ0v) is 11.7. The van der Waals surface area contributed by atoms with Gasteiger partial charge in [0.25, 0.3) is 0 Å². The van der Waals surface area contributed by atoms with Crippen LogP contribution in [0.1, 0.15) is 22.6 Å². The Balaban J connectivity index is 1.55. The minimum atomic E-state index is 0.203. The predicted molar refractivity (Wildman–Crippen MR) is 81.9 cm³/mol. The smallest absolute Gasteiger partial charge is 0.143 e. The van der Waals surface area contributed by atoms with Gasteiger partial charge in [-0.15, -0.1) is 0 Å². The van der Waals surface area contributed by atoms with E-state index in [0.29, 0.717) is 18.9 Å². The lowest BCUT2D eigenvalue weighted by Crippen LogP contribution is -2.23. The summed E-state index contributed by atoms with van der Waals surface area (Å²) in [5.74, 6) is 1.55. The van der Waals surface area contributed by atoms with Crippen molar-refractivity contribution in [3.8, 4) is 5.75 Å². The Kier molecular flexibility index (Phi) is 3.77. The molecule has 0 heterocycles. The Hall–Kier alpha value is -2.49. The van der Waals surface area contributed by atoms with Crippen molar-refractivity contribution in [3.05, 3.63) is 65.2 Å². The van der Waals surface area contributed by atoms with E-state index in [4.69, 9.17) is 15.7 Å². The molecule has 1 aliphatic carbocycles. The molecule has 0 aliphatic heterocycles. The van der Waals surface area contributed by atoms with Crippen LogP contribution in [0.3, 0.4) is 0 Å². The monoisotopic (exact) mass is 282 g/mol. The van der Waals surface area contributed by atoms with Gasteiger partial charge in [-0.3, -0.25) is 0 Å². The molecule has 108 valence electrons. The Morgan fingerprint density at radius 3 is 2.67 bits per heavy atom. The first-order valence-electron chi connectivity index (χ1n) is 7.02. The van der Waals surface area contributed by atoms with Crippen LogP contribution >= 0.6 is 0 Å². The summed E-state index contributed by atoms with van der Waals surface area (Å²) in [7, 11) is 0. The number of amidine groups is 1. The fourth-order valence-electron chi connectivity index (χ4n) is 2.66. The molecule has 0 radical (unpaired) electrons. The molecule has 0 bridgehead atoms. The number of hydrogen-bond acceptors (Lipinski definition) is 3. The average molecular weight is 282 g/mol. The highest BCUT2D eigenvalue weighted by Gasteiger charge is 2.25. The first-order valence-corrected chi connectivity index (χ1v) is 7.02. The summed E-state index contributed by atoms with van der Waals surface area (Å²) in [6, 6.07) is 16.2. The van der Waals surface area contributed by atoms with E-state index in [2.05, 4.69) is 29.4 Å². The lowest BCUT2D eigenvalue weighted by molar-refractivity contribution is 0.275. The zero-order chi connectivity index (χ0) is 14.7. The molecular weight excluding hydrogens is 264 g/mol. The summed E-state index contributed by atoms with van der Waals surface area (Å²) in [5, 5.41) is 11.5. The van der Waals surface area contributed by atoms with Crippen molar-refractivity contribution < 1.29 is 9.94 Å². The number of nitrogens with two attached hydrogens (primary N) is 1. The molecule has 0 spiro atoms. The molecule has 0 amide bonds. The van der Waals surface area contributed by atoms with Gasteiger partial charge in [0.05, 0.1) is 6.61 Å². The van der Waals surface area contributed by atoms with E-state index in [-0.39, 0.29) is 5.84 Å². The fraction of sp³-hybridized carbons (Fsp3) is 0.235. The van der Waals surface area contributed by atoms with Crippen LogP contribution < -0.4 is 10.5 Å². The molecule has 0 saturated heterocycles. The average Bonchev–Trinajstić information content (AvgIpc) is 2.49. The molecule has 3 rings (SSSR count). The molecule has 2 aromatic rings. The van der Waals surface area contributed by atoms with E-state index in [1.807, 2.05) is 24.3 Å². The molecule has 0 saturated carbocycles. The largest absolute Gasteiger partial charge is 0.493 e. The van der Waals surface area contributed by atoms with Gasteiger partial charge in [0.15, 0.2) is 0 Å². The predicted octanol–water partition coefficient (Wildman–Crippen LogP) is 2.69. The second kappa shape index (κ2) is 5.87. The molecule has 1 aliphatic rings. The van der Waals surface area contributed by atoms with E-state index in [9.17, 15) is 0 Å². The Morgan fingerprint density at radius 1 is 1.19 bits per heavy atom. The van der Waals surface area contributed by atoms with E-state index in [0.717, 1.165) is 17.7 Å². The topological polar surface area (TPSA) is 67.8 Å². The third kappa shape index (κ3) is 2.99. The standard InChI is InChI=1S/C17H18N2O2/c18-17(19-20)9-12-5-7-15(8-6-12)21-11-14-10-13-3-1-2-4-16(13)14/h1-8,14,20H,9-11H2,(H2,18,19). The molecule has 4 nitrogen and oxygen atoms in total. The maximum atomic E-state index is 8.55. The highest BCUT2D eigenvalue weighted by Crippen LogP contribution is 2.35. The summed E-state index contributed by atoms with van der Waals surface area (Å²) in [5.41, 5.74) is 9.31. The van der Waals surface area contributed by atoms with Gasteiger partial charge in [0.1, 0.15) is 11.6 Å². The molecule has 21 heavy (non-hydrogen) atoms. The lowest BCUT2D eigenvalue weighted by Gasteiger charge is -2.29. The summed E-state index contributed by atoms with van der Waals surface area (Å²) >= 11 is 0. The summed E-state index contributed by atoms with van der Waals surface area (Å²) in [6.45, 7) is 0.705. The van der Waals surface area contributed by atoms with E-state index in [1.54, 1.807) is 0 Å². The quantitative estimate of drug-likeness (QED) is 0.383. The summed E-state index contributed by atoms with van der Waals surface area (Å²) in [4.78, 5) is 0. The van der Waals surface area contributed by atoms with Gasteiger partial charge in [-0.25, -0.2) is 0 Å². The van der Waals surface area contributed by atoms with Gasteiger partial charge < -0.3 is 15.7 Å². The second-order valence-corrected chi connectivity index (χ2v) is 5.32. The number of oxime groups is 1. The van der Waals surface area contributed by atoms with Gasteiger partial charge in [-0.05, 0) is 35.2 Å². The normalized spacial score (nSPS) is 17.0. The molecule has 4 heteroatoms. The van der Waals surface area contributed by atoms with E-state index in [1.165, 1.54) is 11.1 Å². The van der Waals surface area contributed by atoms with Crippen LogP contribution in [-0.4, -0.2) is 17.6 Å². The Labute approximate surface area is 123 Å². The summed E-state index contributed by atoms with van der Waals surface area (Å²) in [6.07, 6.45) is 1.53. The van der Waals surface area contributed by atoms with Crippen LogP contribution in [0.15, 0.2) is 53.7 Å². The minimum absolute atomic E-state index is 0.203. The van der Waals surface area contributed by atoms with Gasteiger partial charge >= 0.3 is 0 Å². The number of rotatable bonds is 5. The number of nitrogens with zero attached hydrogens (tertiary/aromatic N) is 1. The molecule has 0 aromatic heterocycles. The first kappa shape index (κ1) is 13.5. The van der Waals surface area contributed by atoms with E-state index < -0.39 is 0 Å². The number of fused-ring (bicyclic) bond motifs is 1. The Morgan fingerprint density at radius 2 is 1.95 bits per heavy atom.